The standard InChI is InChI=1S/C32H31F3N6O3S/c1-20-6-4-7-21(2)28(20)41-27(42)18-45-31(41)38-30(43)37-22(3)8-5-9-23-10-12-24(13-11-23)29-36-19-40(39-29)25-14-16-26(17-15-25)44-32(33,34)35/h4,6-7,10-17,19,22H,5,8-9,18H2,1-3H3,(H,37,43). The molecule has 1 atom stereocenters. The van der Waals surface area contributed by atoms with Crippen molar-refractivity contribution in [3.8, 4) is 22.8 Å². The highest BCUT2D eigenvalue weighted by molar-refractivity contribution is 8.15. The van der Waals surface area contributed by atoms with Gasteiger partial charge in [0.2, 0.25) is 5.91 Å². The van der Waals surface area contributed by atoms with Crippen molar-refractivity contribution in [2.24, 2.45) is 4.99 Å². The second-order valence-electron chi connectivity index (χ2n) is 10.6. The van der Waals surface area contributed by atoms with E-state index >= 15 is 0 Å². The Labute approximate surface area is 262 Å². The lowest BCUT2D eigenvalue weighted by atomic mass is 10.0. The smallest absolute Gasteiger partial charge is 0.406 e. The Morgan fingerprint density at radius 3 is 2.42 bits per heavy atom. The number of carbonyl (C=O) groups is 2. The first-order chi connectivity index (χ1) is 21.5. The second-order valence-corrected chi connectivity index (χ2v) is 11.6. The molecule has 1 aliphatic rings. The number of nitrogens with one attached hydrogen (secondary N) is 1. The van der Waals surface area contributed by atoms with Crippen molar-refractivity contribution >= 4 is 34.6 Å². The van der Waals surface area contributed by atoms with Gasteiger partial charge in [0.1, 0.15) is 12.1 Å². The predicted octanol–water partition coefficient (Wildman–Crippen LogP) is 7.01. The summed E-state index contributed by atoms with van der Waals surface area (Å²) in [5.74, 6) is 0.312. The van der Waals surface area contributed by atoms with Gasteiger partial charge in [0.15, 0.2) is 11.0 Å². The molecule has 5 rings (SSSR count). The number of anilines is 1. The lowest BCUT2D eigenvalue weighted by Crippen LogP contribution is -2.34. The predicted molar refractivity (Wildman–Crippen MR) is 168 cm³/mol. The van der Waals surface area contributed by atoms with Gasteiger partial charge in [-0.1, -0.05) is 54.2 Å². The van der Waals surface area contributed by atoms with Crippen LogP contribution in [-0.4, -0.2) is 50.0 Å². The number of aliphatic imine (C=N–C) groups is 1. The molecule has 1 N–H and O–H groups in total. The van der Waals surface area contributed by atoms with Crippen molar-refractivity contribution in [3.05, 3.63) is 89.7 Å². The van der Waals surface area contributed by atoms with Crippen LogP contribution in [0, 0.1) is 13.8 Å². The number of benzene rings is 3. The SMILES string of the molecule is Cc1cccc(C)c1N1C(=O)CSC1=NC(=O)NC(C)CCCc1ccc(-c2ncn(-c3ccc(OC(F)(F)F)cc3)n2)cc1. The van der Waals surface area contributed by atoms with Crippen LogP contribution in [0.3, 0.4) is 0 Å². The maximum atomic E-state index is 12.7. The molecule has 0 aliphatic carbocycles. The number of alkyl halides is 3. The largest absolute Gasteiger partial charge is 0.573 e. The molecule has 1 aliphatic heterocycles. The molecule has 45 heavy (non-hydrogen) atoms. The van der Waals surface area contributed by atoms with Gasteiger partial charge in [0.05, 0.1) is 17.1 Å². The minimum atomic E-state index is -4.75. The maximum Gasteiger partial charge on any atom is 0.573 e. The summed E-state index contributed by atoms with van der Waals surface area (Å²) in [5, 5.41) is 7.74. The molecule has 1 unspecified atom stereocenters. The molecule has 13 heteroatoms. The van der Waals surface area contributed by atoms with Gasteiger partial charge in [-0.25, -0.2) is 14.5 Å². The quantitative estimate of drug-likeness (QED) is 0.212. The fraction of sp³-hybridized carbons (Fsp3) is 0.281. The van der Waals surface area contributed by atoms with Gasteiger partial charge >= 0.3 is 12.4 Å². The molecule has 3 aromatic carbocycles. The van der Waals surface area contributed by atoms with Crippen LogP contribution in [-0.2, 0) is 11.2 Å². The van der Waals surface area contributed by atoms with E-state index in [9.17, 15) is 22.8 Å². The zero-order valence-electron chi connectivity index (χ0n) is 24.8. The molecule has 0 spiro atoms. The summed E-state index contributed by atoms with van der Waals surface area (Å²) in [6.07, 6.45) is -0.883. The number of nitrogens with zero attached hydrogens (tertiary/aromatic N) is 5. The van der Waals surface area contributed by atoms with Crippen LogP contribution in [0.4, 0.5) is 23.7 Å². The number of aromatic nitrogens is 3. The summed E-state index contributed by atoms with van der Waals surface area (Å²) in [5.41, 5.74) is 5.11. The van der Waals surface area contributed by atoms with E-state index in [1.165, 1.54) is 51.9 Å². The average molecular weight is 637 g/mol. The van der Waals surface area contributed by atoms with Crippen molar-refractivity contribution < 1.29 is 27.5 Å². The van der Waals surface area contributed by atoms with Gasteiger partial charge in [-0.3, -0.25) is 9.69 Å². The lowest BCUT2D eigenvalue weighted by Gasteiger charge is -2.21. The highest BCUT2D eigenvalue weighted by Gasteiger charge is 2.33. The molecule has 2 heterocycles. The monoisotopic (exact) mass is 636 g/mol. The molecule has 1 saturated heterocycles. The third-order valence-corrected chi connectivity index (χ3v) is 8.06. The summed E-state index contributed by atoms with van der Waals surface area (Å²) >= 11 is 1.26. The van der Waals surface area contributed by atoms with E-state index in [1.54, 1.807) is 0 Å². The van der Waals surface area contributed by atoms with Gasteiger partial charge in [0.25, 0.3) is 0 Å². The molecule has 0 saturated carbocycles. The van der Waals surface area contributed by atoms with E-state index in [2.05, 4.69) is 25.1 Å². The first kappa shape index (κ1) is 31.8. The Balaban J connectivity index is 1.11. The number of aryl methyl sites for hydroxylation is 3. The number of amidine groups is 1. The van der Waals surface area contributed by atoms with Crippen LogP contribution in [0.1, 0.15) is 36.5 Å². The highest BCUT2D eigenvalue weighted by Crippen LogP contribution is 2.32. The molecule has 0 radical (unpaired) electrons. The van der Waals surface area contributed by atoms with Crippen LogP contribution < -0.4 is 15.0 Å². The number of carbonyl (C=O) groups excluding carboxylic acids is 2. The third-order valence-electron chi connectivity index (χ3n) is 7.14. The highest BCUT2D eigenvalue weighted by atomic mass is 32.2. The molecular weight excluding hydrogens is 605 g/mol. The maximum absolute atomic E-state index is 12.7. The van der Waals surface area contributed by atoms with Crippen LogP contribution >= 0.6 is 11.8 Å². The minimum Gasteiger partial charge on any atom is -0.406 e. The van der Waals surface area contributed by atoms with E-state index in [0.717, 1.165) is 47.2 Å². The number of hydrogen-bond acceptors (Lipinski definition) is 6. The molecule has 1 fully saturated rings. The van der Waals surface area contributed by atoms with Gasteiger partial charge < -0.3 is 10.1 Å². The number of amides is 3. The lowest BCUT2D eigenvalue weighted by molar-refractivity contribution is -0.274. The second kappa shape index (κ2) is 13.6. The fourth-order valence-electron chi connectivity index (χ4n) is 4.98. The number of para-hydroxylation sites is 1. The average Bonchev–Trinajstić information content (AvgIpc) is 3.61. The number of halogens is 3. The molecule has 3 amide bonds. The summed E-state index contributed by atoms with van der Waals surface area (Å²) in [6, 6.07) is 18.4. The first-order valence-corrected chi connectivity index (χ1v) is 15.2. The number of thioether (sulfide) groups is 1. The summed E-state index contributed by atoms with van der Waals surface area (Å²) in [7, 11) is 0. The van der Waals surface area contributed by atoms with Crippen molar-refractivity contribution in [3.63, 3.8) is 0 Å². The minimum absolute atomic E-state index is 0.0969. The Bertz CT molecular complexity index is 1680. The topological polar surface area (TPSA) is 102 Å². The van der Waals surface area contributed by atoms with Crippen LogP contribution in [0.5, 0.6) is 5.75 Å². The van der Waals surface area contributed by atoms with Crippen molar-refractivity contribution in [2.75, 3.05) is 10.7 Å². The zero-order chi connectivity index (χ0) is 32.1. The van der Waals surface area contributed by atoms with Crippen molar-refractivity contribution in [1.29, 1.82) is 0 Å². The Morgan fingerprint density at radius 2 is 1.76 bits per heavy atom. The zero-order valence-corrected chi connectivity index (χ0v) is 25.7. The molecule has 9 nitrogen and oxygen atoms in total. The van der Waals surface area contributed by atoms with Crippen molar-refractivity contribution in [1.82, 2.24) is 20.1 Å². The Morgan fingerprint density at radius 1 is 1.07 bits per heavy atom. The summed E-state index contributed by atoms with van der Waals surface area (Å²) in [4.78, 5) is 35.4. The van der Waals surface area contributed by atoms with Gasteiger partial charge in [-0.15, -0.1) is 18.3 Å². The number of urea groups is 1. The Hall–Kier alpha value is -4.65. The number of ether oxygens (including phenoxy) is 1. The van der Waals surface area contributed by atoms with Crippen molar-refractivity contribution in [2.45, 2.75) is 52.4 Å². The van der Waals surface area contributed by atoms with Crippen LogP contribution in [0.2, 0.25) is 0 Å². The fourth-order valence-corrected chi connectivity index (χ4v) is 5.83. The van der Waals surface area contributed by atoms with E-state index in [1.807, 2.05) is 63.2 Å². The first-order valence-electron chi connectivity index (χ1n) is 14.2. The van der Waals surface area contributed by atoms with Crippen LogP contribution in [0.15, 0.2) is 78.0 Å². The summed E-state index contributed by atoms with van der Waals surface area (Å²) < 4.78 is 42.6. The van der Waals surface area contributed by atoms with E-state index < -0.39 is 12.4 Å². The number of hydrogen-bond donors (Lipinski definition) is 1. The van der Waals surface area contributed by atoms with E-state index in [4.69, 9.17) is 0 Å². The molecular formula is C32H31F3N6O3S. The molecule has 1 aromatic heterocycles. The normalized spacial score (nSPS) is 15.0. The number of rotatable bonds is 9. The molecule has 234 valence electrons. The van der Waals surface area contributed by atoms with Gasteiger partial charge in [0, 0.05) is 11.6 Å². The third kappa shape index (κ3) is 8.09. The van der Waals surface area contributed by atoms with Gasteiger partial charge in [-0.2, -0.15) is 4.99 Å². The Kier molecular flexibility index (Phi) is 9.57. The van der Waals surface area contributed by atoms with Crippen LogP contribution in [0.25, 0.3) is 17.1 Å². The molecule has 0 bridgehead atoms. The van der Waals surface area contributed by atoms with E-state index in [0.29, 0.717) is 16.7 Å². The molecule has 4 aromatic rings. The van der Waals surface area contributed by atoms with E-state index in [-0.39, 0.29) is 23.5 Å². The van der Waals surface area contributed by atoms with Gasteiger partial charge in [-0.05, 0) is 81.0 Å². The summed E-state index contributed by atoms with van der Waals surface area (Å²) in [6.45, 7) is 5.79.